The average molecular weight is 316 g/mol. The minimum Gasteiger partial charge on any atom is -0.396 e. The van der Waals surface area contributed by atoms with Crippen molar-refractivity contribution in [2.75, 3.05) is 12.4 Å². The number of aliphatic hydroxyl groups is 1. The van der Waals surface area contributed by atoms with Crippen LogP contribution in [-0.2, 0) is 22.8 Å². The first-order chi connectivity index (χ1) is 9.51. The molecular formula is C12H14ClN3O3S. The Morgan fingerprint density at radius 1 is 1.25 bits per heavy atom. The van der Waals surface area contributed by atoms with Crippen LogP contribution in [-0.4, -0.2) is 40.9 Å². The van der Waals surface area contributed by atoms with Crippen molar-refractivity contribution in [1.82, 2.24) is 15.0 Å². The highest BCUT2D eigenvalue weighted by molar-refractivity contribution is 7.91. The highest BCUT2D eigenvalue weighted by Crippen LogP contribution is 2.15. The minimum atomic E-state index is -3.37. The molecule has 8 heteroatoms. The molecule has 0 atom stereocenters. The van der Waals surface area contributed by atoms with Crippen molar-refractivity contribution >= 4 is 21.4 Å². The van der Waals surface area contributed by atoms with Crippen LogP contribution in [0.3, 0.4) is 0 Å². The van der Waals surface area contributed by atoms with E-state index in [1.54, 1.807) is 18.3 Å². The molecule has 0 radical (unpaired) electrons. The van der Waals surface area contributed by atoms with Gasteiger partial charge in [-0.1, -0.05) is 16.8 Å². The van der Waals surface area contributed by atoms with Gasteiger partial charge in [-0.2, -0.15) is 0 Å². The summed E-state index contributed by atoms with van der Waals surface area (Å²) in [5.74, 6) is -0.0729. The summed E-state index contributed by atoms with van der Waals surface area (Å²) in [5, 5.41) is 16.9. The van der Waals surface area contributed by atoms with E-state index in [0.29, 0.717) is 17.1 Å². The van der Waals surface area contributed by atoms with E-state index in [4.69, 9.17) is 16.7 Å². The first-order valence-corrected chi connectivity index (χ1v) is 8.02. The van der Waals surface area contributed by atoms with Crippen molar-refractivity contribution in [2.24, 2.45) is 0 Å². The van der Waals surface area contributed by atoms with Crippen LogP contribution >= 0.6 is 11.6 Å². The Morgan fingerprint density at radius 3 is 2.60 bits per heavy atom. The fourth-order valence-corrected chi connectivity index (χ4v) is 2.99. The standard InChI is InChI=1S/C12H14ClN3O3S/c13-10-1-3-12(4-2-10)20(18,19)8-6-16-9-11(5-7-17)14-15-16/h1-4,9,17H,5-8H2. The van der Waals surface area contributed by atoms with Crippen LogP contribution in [0.15, 0.2) is 35.4 Å². The van der Waals surface area contributed by atoms with Gasteiger partial charge in [0.25, 0.3) is 0 Å². The summed E-state index contributed by atoms with van der Waals surface area (Å²) in [6, 6.07) is 6.05. The molecule has 2 aromatic rings. The molecular weight excluding hydrogens is 302 g/mol. The van der Waals surface area contributed by atoms with Gasteiger partial charge >= 0.3 is 0 Å². The molecule has 0 bridgehead atoms. The smallest absolute Gasteiger partial charge is 0.180 e. The maximum Gasteiger partial charge on any atom is 0.180 e. The van der Waals surface area contributed by atoms with Crippen LogP contribution in [0.4, 0.5) is 0 Å². The monoisotopic (exact) mass is 315 g/mol. The SMILES string of the molecule is O=S(=O)(CCn1cc(CCO)nn1)c1ccc(Cl)cc1. The van der Waals surface area contributed by atoms with Gasteiger partial charge in [0.2, 0.25) is 0 Å². The van der Waals surface area contributed by atoms with Gasteiger partial charge < -0.3 is 5.11 Å². The lowest BCUT2D eigenvalue weighted by Gasteiger charge is -2.04. The molecule has 0 saturated heterocycles. The minimum absolute atomic E-state index is 0.0121. The van der Waals surface area contributed by atoms with E-state index in [0.717, 1.165) is 0 Å². The van der Waals surface area contributed by atoms with E-state index in [-0.39, 0.29) is 23.8 Å². The Kier molecular flexibility index (Phi) is 4.74. The van der Waals surface area contributed by atoms with E-state index in [9.17, 15) is 8.42 Å². The van der Waals surface area contributed by atoms with E-state index in [1.807, 2.05) is 0 Å². The number of nitrogens with zero attached hydrogens (tertiary/aromatic N) is 3. The molecule has 2 rings (SSSR count). The fraction of sp³-hybridized carbons (Fsp3) is 0.333. The molecule has 1 aromatic heterocycles. The third-order valence-electron chi connectivity index (χ3n) is 2.72. The lowest BCUT2D eigenvalue weighted by molar-refractivity contribution is 0.298. The summed E-state index contributed by atoms with van der Waals surface area (Å²) in [6.07, 6.45) is 2.04. The Balaban J connectivity index is 2.03. The molecule has 0 amide bonds. The van der Waals surface area contributed by atoms with Gasteiger partial charge in [0, 0.05) is 24.2 Å². The quantitative estimate of drug-likeness (QED) is 0.857. The Morgan fingerprint density at radius 2 is 1.95 bits per heavy atom. The van der Waals surface area contributed by atoms with Crippen molar-refractivity contribution in [3.63, 3.8) is 0 Å². The van der Waals surface area contributed by atoms with Gasteiger partial charge in [-0.25, -0.2) is 8.42 Å². The molecule has 0 saturated carbocycles. The molecule has 6 nitrogen and oxygen atoms in total. The number of aliphatic hydroxyl groups excluding tert-OH is 1. The molecule has 1 aromatic carbocycles. The third-order valence-corrected chi connectivity index (χ3v) is 4.68. The van der Waals surface area contributed by atoms with Crippen LogP contribution in [0.2, 0.25) is 5.02 Å². The molecule has 0 aliphatic carbocycles. The van der Waals surface area contributed by atoms with Gasteiger partial charge in [0.05, 0.1) is 22.9 Å². The number of aromatic nitrogens is 3. The fourth-order valence-electron chi connectivity index (χ4n) is 1.65. The number of rotatable bonds is 6. The first kappa shape index (κ1) is 15.0. The van der Waals surface area contributed by atoms with Crippen molar-refractivity contribution in [2.45, 2.75) is 17.9 Å². The number of halogens is 1. The molecule has 1 N–H and O–H groups in total. The second-order valence-electron chi connectivity index (χ2n) is 4.22. The topological polar surface area (TPSA) is 85.1 Å². The predicted molar refractivity (Wildman–Crippen MR) is 74.3 cm³/mol. The normalized spacial score (nSPS) is 11.7. The van der Waals surface area contributed by atoms with Crippen molar-refractivity contribution < 1.29 is 13.5 Å². The van der Waals surface area contributed by atoms with Gasteiger partial charge in [-0.15, -0.1) is 5.10 Å². The number of benzene rings is 1. The van der Waals surface area contributed by atoms with Crippen LogP contribution in [0, 0.1) is 0 Å². The summed E-state index contributed by atoms with van der Waals surface area (Å²) in [4.78, 5) is 0.234. The molecule has 0 aliphatic heterocycles. The van der Waals surface area contributed by atoms with E-state index in [2.05, 4.69) is 10.3 Å². The van der Waals surface area contributed by atoms with Gasteiger partial charge in [-0.05, 0) is 24.3 Å². The molecule has 0 unspecified atom stereocenters. The molecule has 0 fully saturated rings. The van der Waals surface area contributed by atoms with Crippen LogP contribution in [0.1, 0.15) is 5.69 Å². The summed E-state index contributed by atoms with van der Waals surface area (Å²) in [6.45, 7) is 0.200. The maximum atomic E-state index is 12.1. The van der Waals surface area contributed by atoms with Gasteiger partial charge in [0.15, 0.2) is 9.84 Å². The molecule has 0 aliphatic rings. The van der Waals surface area contributed by atoms with E-state index in [1.165, 1.54) is 16.8 Å². The predicted octanol–water partition coefficient (Wildman–Crippen LogP) is 0.940. The Hall–Kier alpha value is -1.44. The Labute approximate surface area is 121 Å². The summed E-state index contributed by atoms with van der Waals surface area (Å²) in [7, 11) is -3.37. The highest BCUT2D eigenvalue weighted by Gasteiger charge is 2.14. The van der Waals surface area contributed by atoms with Gasteiger partial charge in [0.1, 0.15) is 0 Å². The van der Waals surface area contributed by atoms with Crippen LogP contribution < -0.4 is 0 Å². The third kappa shape index (κ3) is 3.78. The second-order valence-corrected chi connectivity index (χ2v) is 6.76. The zero-order valence-electron chi connectivity index (χ0n) is 10.6. The van der Waals surface area contributed by atoms with Crippen molar-refractivity contribution in [1.29, 1.82) is 0 Å². The summed E-state index contributed by atoms with van der Waals surface area (Å²) >= 11 is 5.73. The molecule has 20 heavy (non-hydrogen) atoms. The lowest BCUT2D eigenvalue weighted by atomic mass is 10.3. The summed E-state index contributed by atoms with van der Waals surface area (Å²) in [5.41, 5.74) is 0.636. The van der Waals surface area contributed by atoms with Crippen molar-refractivity contribution in [3.8, 4) is 0 Å². The second kappa shape index (κ2) is 6.34. The number of sulfone groups is 1. The largest absolute Gasteiger partial charge is 0.396 e. The number of hydrogen-bond donors (Lipinski definition) is 1. The Bertz CT molecular complexity index is 668. The zero-order valence-corrected chi connectivity index (χ0v) is 12.2. The first-order valence-electron chi connectivity index (χ1n) is 5.99. The van der Waals surface area contributed by atoms with E-state index < -0.39 is 9.84 Å². The van der Waals surface area contributed by atoms with E-state index >= 15 is 0 Å². The number of aryl methyl sites for hydroxylation is 1. The molecule has 0 spiro atoms. The number of hydrogen-bond acceptors (Lipinski definition) is 5. The maximum absolute atomic E-state index is 12.1. The van der Waals surface area contributed by atoms with Crippen LogP contribution in [0.5, 0.6) is 0 Å². The highest BCUT2D eigenvalue weighted by atomic mass is 35.5. The molecule has 108 valence electrons. The summed E-state index contributed by atoms with van der Waals surface area (Å²) < 4.78 is 25.7. The molecule has 1 heterocycles. The lowest BCUT2D eigenvalue weighted by Crippen LogP contribution is -2.13. The average Bonchev–Trinajstić information content (AvgIpc) is 2.85. The zero-order chi connectivity index (χ0) is 14.6. The van der Waals surface area contributed by atoms with Crippen molar-refractivity contribution in [3.05, 3.63) is 41.2 Å². The van der Waals surface area contributed by atoms with Gasteiger partial charge in [-0.3, -0.25) is 4.68 Å². The van der Waals surface area contributed by atoms with Crippen LogP contribution in [0.25, 0.3) is 0 Å².